The first kappa shape index (κ1) is 19.0. The molecule has 3 atom stereocenters. The molecule has 1 heterocycles. The van der Waals surface area contributed by atoms with Crippen LogP contribution in [0.25, 0.3) is 0 Å². The lowest BCUT2D eigenvalue weighted by Crippen LogP contribution is -2.47. The van der Waals surface area contributed by atoms with Crippen molar-refractivity contribution in [3.05, 3.63) is 35.4 Å². The summed E-state index contributed by atoms with van der Waals surface area (Å²) in [5.74, 6) is -2.13. The Morgan fingerprint density at radius 1 is 1.32 bits per heavy atom. The fourth-order valence-electron chi connectivity index (χ4n) is 2.97. The number of carbonyl (C=O) groups excluding carboxylic acids is 2. The SMILES string of the molecule is CC[C@H](C)[C@H](NC(=O)C1CC(=O)N(Cc2ccc(C)cc2)C1)C(=O)O. The van der Waals surface area contributed by atoms with Gasteiger partial charge in [0.2, 0.25) is 11.8 Å². The molecule has 1 saturated heterocycles. The number of hydrogen-bond acceptors (Lipinski definition) is 3. The molecule has 1 aliphatic heterocycles. The number of aliphatic carboxylic acids is 1. The molecule has 1 aromatic carbocycles. The van der Waals surface area contributed by atoms with Crippen LogP contribution < -0.4 is 5.32 Å². The van der Waals surface area contributed by atoms with Gasteiger partial charge in [0, 0.05) is 19.5 Å². The highest BCUT2D eigenvalue weighted by atomic mass is 16.4. The molecule has 0 spiro atoms. The van der Waals surface area contributed by atoms with Crippen molar-refractivity contribution in [3.8, 4) is 0 Å². The molecule has 6 heteroatoms. The van der Waals surface area contributed by atoms with E-state index in [1.165, 1.54) is 0 Å². The first-order chi connectivity index (χ1) is 11.8. The zero-order valence-corrected chi connectivity index (χ0v) is 15.0. The Hall–Kier alpha value is -2.37. The molecular weight excluding hydrogens is 320 g/mol. The number of hydrogen-bond donors (Lipinski definition) is 2. The number of carbonyl (C=O) groups is 3. The van der Waals surface area contributed by atoms with Crippen molar-refractivity contribution >= 4 is 17.8 Å². The van der Waals surface area contributed by atoms with E-state index in [2.05, 4.69) is 5.32 Å². The molecule has 1 aromatic rings. The molecule has 0 saturated carbocycles. The zero-order chi connectivity index (χ0) is 18.6. The van der Waals surface area contributed by atoms with Crippen molar-refractivity contribution in [2.24, 2.45) is 11.8 Å². The number of nitrogens with one attached hydrogen (secondary N) is 1. The maximum absolute atomic E-state index is 12.4. The lowest BCUT2D eigenvalue weighted by Gasteiger charge is -2.22. The molecule has 0 aliphatic carbocycles. The van der Waals surface area contributed by atoms with Crippen molar-refractivity contribution in [2.45, 2.75) is 46.2 Å². The van der Waals surface area contributed by atoms with Gasteiger partial charge in [-0.3, -0.25) is 9.59 Å². The van der Waals surface area contributed by atoms with Gasteiger partial charge < -0.3 is 15.3 Å². The summed E-state index contributed by atoms with van der Waals surface area (Å²) in [4.78, 5) is 37.6. The number of carboxylic acids is 1. The van der Waals surface area contributed by atoms with E-state index in [-0.39, 0.29) is 24.2 Å². The summed E-state index contributed by atoms with van der Waals surface area (Å²) >= 11 is 0. The second kappa shape index (κ2) is 8.14. The van der Waals surface area contributed by atoms with Crippen LogP contribution in [0.5, 0.6) is 0 Å². The second-order valence-corrected chi connectivity index (χ2v) is 6.87. The molecule has 0 radical (unpaired) electrons. The largest absolute Gasteiger partial charge is 0.480 e. The van der Waals surface area contributed by atoms with Crippen LogP contribution in [0, 0.1) is 18.8 Å². The van der Waals surface area contributed by atoms with Crippen LogP contribution in [0.4, 0.5) is 0 Å². The maximum Gasteiger partial charge on any atom is 0.326 e. The Labute approximate surface area is 148 Å². The number of amides is 2. The second-order valence-electron chi connectivity index (χ2n) is 6.87. The predicted octanol–water partition coefficient (Wildman–Crippen LogP) is 1.96. The molecular formula is C19H26N2O4. The van der Waals surface area contributed by atoms with Gasteiger partial charge in [-0.05, 0) is 18.4 Å². The molecule has 1 aliphatic rings. The van der Waals surface area contributed by atoms with Gasteiger partial charge in [0.25, 0.3) is 0 Å². The van der Waals surface area contributed by atoms with Crippen LogP contribution in [0.3, 0.4) is 0 Å². The molecule has 2 N–H and O–H groups in total. The Morgan fingerprint density at radius 3 is 2.52 bits per heavy atom. The first-order valence-corrected chi connectivity index (χ1v) is 8.68. The number of benzene rings is 1. The molecule has 6 nitrogen and oxygen atoms in total. The van der Waals surface area contributed by atoms with E-state index in [1.54, 1.807) is 11.8 Å². The van der Waals surface area contributed by atoms with Gasteiger partial charge in [0.1, 0.15) is 6.04 Å². The minimum absolute atomic E-state index is 0.0730. The van der Waals surface area contributed by atoms with E-state index in [1.807, 2.05) is 38.1 Å². The van der Waals surface area contributed by atoms with Gasteiger partial charge in [-0.1, -0.05) is 50.1 Å². The van der Waals surface area contributed by atoms with Crippen LogP contribution in [0.1, 0.15) is 37.8 Å². The quantitative estimate of drug-likeness (QED) is 0.790. The summed E-state index contributed by atoms with van der Waals surface area (Å²) in [6.45, 7) is 6.47. The normalized spacial score (nSPS) is 19.6. The van der Waals surface area contributed by atoms with Crippen molar-refractivity contribution in [1.29, 1.82) is 0 Å². The topological polar surface area (TPSA) is 86.7 Å². The van der Waals surface area contributed by atoms with E-state index in [4.69, 9.17) is 0 Å². The maximum atomic E-state index is 12.4. The molecule has 2 rings (SSSR count). The Kier molecular flexibility index (Phi) is 6.17. The Balaban J connectivity index is 1.97. The van der Waals surface area contributed by atoms with E-state index >= 15 is 0 Å². The summed E-state index contributed by atoms with van der Waals surface area (Å²) < 4.78 is 0. The summed E-state index contributed by atoms with van der Waals surface area (Å²) in [6, 6.07) is 7.00. The van der Waals surface area contributed by atoms with E-state index in [9.17, 15) is 19.5 Å². The highest BCUT2D eigenvalue weighted by molar-refractivity contribution is 5.91. The van der Waals surface area contributed by atoms with Crippen LogP contribution in [-0.2, 0) is 20.9 Å². The monoisotopic (exact) mass is 346 g/mol. The van der Waals surface area contributed by atoms with E-state index in [0.717, 1.165) is 11.1 Å². The lowest BCUT2D eigenvalue weighted by atomic mass is 9.98. The minimum atomic E-state index is -1.04. The van der Waals surface area contributed by atoms with E-state index < -0.39 is 17.9 Å². The molecule has 25 heavy (non-hydrogen) atoms. The van der Waals surface area contributed by atoms with Gasteiger partial charge in [0.15, 0.2) is 0 Å². The smallest absolute Gasteiger partial charge is 0.326 e. The molecule has 2 amide bonds. The summed E-state index contributed by atoms with van der Waals surface area (Å²) in [6.07, 6.45) is 0.783. The number of aryl methyl sites for hydroxylation is 1. The molecule has 136 valence electrons. The molecule has 1 fully saturated rings. The first-order valence-electron chi connectivity index (χ1n) is 8.68. The van der Waals surface area contributed by atoms with Crippen LogP contribution in [0.2, 0.25) is 0 Å². The van der Waals surface area contributed by atoms with Crippen LogP contribution >= 0.6 is 0 Å². The number of rotatable bonds is 7. The summed E-state index contributed by atoms with van der Waals surface area (Å²) in [7, 11) is 0. The van der Waals surface area contributed by atoms with E-state index in [0.29, 0.717) is 19.5 Å². The lowest BCUT2D eigenvalue weighted by molar-refractivity contribution is -0.143. The minimum Gasteiger partial charge on any atom is -0.480 e. The standard InChI is InChI=1S/C19H26N2O4/c1-4-13(3)17(19(24)25)20-18(23)15-9-16(22)21(11-15)10-14-7-5-12(2)6-8-14/h5-8,13,15,17H,4,9-11H2,1-3H3,(H,20,23)(H,24,25)/t13-,15?,17-/m0/s1. The van der Waals surface area contributed by atoms with Crippen LogP contribution in [-0.4, -0.2) is 40.4 Å². The average Bonchev–Trinajstić information content (AvgIpc) is 2.94. The van der Waals surface area contributed by atoms with Crippen molar-refractivity contribution in [3.63, 3.8) is 0 Å². The third-order valence-electron chi connectivity index (χ3n) is 4.86. The van der Waals surface area contributed by atoms with Crippen molar-refractivity contribution < 1.29 is 19.5 Å². The molecule has 0 aromatic heterocycles. The van der Waals surface area contributed by atoms with Gasteiger partial charge in [-0.25, -0.2) is 4.79 Å². The van der Waals surface area contributed by atoms with Gasteiger partial charge >= 0.3 is 5.97 Å². The number of nitrogens with zero attached hydrogens (tertiary/aromatic N) is 1. The Bertz CT molecular complexity index is 641. The summed E-state index contributed by atoms with van der Waals surface area (Å²) in [5.41, 5.74) is 2.17. The van der Waals surface area contributed by atoms with Gasteiger partial charge in [-0.2, -0.15) is 0 Å². The summed E-state index contributed by atoms with van der Waals surface area (Å²) in [5, 5.41) is 11.9. The number of carboxylic acid groups (broad SMARTS) is 1. The zero-order valence-electron chi connectivity index (χ0n) is 15.0. The molecule has 0 bridgehead atoms. The third-order valence-corrected chi connectivity index (χ3v) is 4.86. The van der Waals surface area contributed by atoms with Crippen LogP contribution in [0.15, 0.2) is 24.3 Å². The van der Waals surface area contributed by atoms with Gasteiger partial charge in [0.05, 0.1) is 5.92 Å². The third kappa shape index (κ3) is 4.81. The predicted molar refractivity (Wildman–Crippen MR) is 93.7 cm³/mol. The Morgan fingerprint density at radius 2 is 1.96 bits per heavy atom. The number of likely N-dealkylation sites (tertiary alicyclic amines) is 1. The highest BCUT2D eigenvalue weighted by Crippen LogP contribution is 2.21. The van der Waals surface area contributed by atoms with Crippen molar-refractivity contribution in [1.82, 2.24) is 10.2 Å². The fourth-order valence-corrected chi connectivity index (χ4v) is 2.97. The molecule has 1 unspecified atom stereocenters. The fraction of sp³-hybridized carbons (Fsp3) is 0.526. The van der Waals surface area contributed by atoms with Gasteiger partial charge in [-0.15, -0.1) is 0 Å². The highest BCUT2D eigenvalue weighted by Gasteiger charge is 2.36. The van der Waals surface area contributed by atoms with Crippen molar-refractivity contribution in [2.75, 3.05) is 6.54 Å². The average molecular weight is 346 g/mol.